The van der Waals surface area contributed by atoms with E-state index in [2.05, 4.69) is 46.2 Å². The second-order valence-corrected chi connectivity index (χ2v) is 8.41. The third-order valence-corrected chi connectivity index (χ3v) is 6.08. The van der Waals surface area contributed by atoms with Gasteiger partial charge in [0.05, 0.1) is 0 Å². The second kappa shape index (κ2) is 10.6. The Kier molecular flexibility index (Phi) is 8.82. The van der Waals surface area contributed by atoms with Crippen LogP contribution in [0.4, 0.5) is 0 Å². The Morgan fingerprint density at radius 1 is 1.26 bits per heavy atom. The Hall–Kier alpha value is -0.860. The molecule has 1 aromatic heterocycles. The molecule has 27 heavy (non-hydrogen) atoms. The lowest BCUT2D eigenvalue weighted by atomic mass is 9.79. The lowest BCUT2D eigenvalue weighted by Gasteiger charge is -2.33. The zero-order valence-electron chi connectivity index (χ0n) is 17.4. The molecule has 0 aromatic carbocycles. The van der Waals surface area contributed by atoms with Crippen molar-refractivity contribution in [3.63, 3.8) is 0 Å². The number of hydrogen-bond acceptors (Lipinski definition) is 3. The first kappa shape index (κ1) is 22.4. The van der Waals surface area contributed by atoms with Gasteiger partial charge in [0, 0.05) is 32.1 Å². The van der Waals surface area contributed by atoms with Crippen molar-refractivity contribution in [3.05, 3.63) is 11.6 Å². The van der Waals surface area contributed by atoms with Gasteiger partial charge in [-0.3, -0.25) is 4.99 Å². The van der Waals surface area contributed by atoms with Crippen molar-refractivity contribution in [1.82, 2.24) is 25.4 Å². The molecular formula is C20H37IN6. The van der Waals surface area contributed by atoms with Crippen molar-refractivity contribution in [2.75, 3.05) is 13.1 Å². The molecule has 1 aliphatic heterocycles. The summed E-state index contributed by atoms with van der Waals surface area (Å²) in [6.45, 7) is 11.7. The highest BCUT2D eigenvalue weighted by Crippen LogP contribution is 2.29. The van der Waals surface area contributed by atoms with Crippen LogP contribution in [0.5, 0.6) is 0 Å². The molecular weight excluding hydrogens is 451 g/mol. The van der Waals surface area contributed by atoms with Crippen molar-refractivity contribution < 1.29 is 0 Å². The Labute approximate surface area is 181 Å². The molecule has 3 unspecified atom stereocenters. The number of halogens is 1. The molecule has 2 N–H and O–H groups in total. The molecule has 1 aromatic rings. The third kappa shape index (κ3) is 6.06. The van der Waals surface area contributed by atoms with Crippen LogP contribution in [-0.2, 0) is 13.0 Å². The second-order valence-electron chi connectivity index (χ2n) is 8.41. The highest BCUT2D eigenvalue weighted by molar-refractivity contribution is 14.0. The standard InChI is InChI=1S/C20H36N6.HI/c1-5-21-20(23-18-8-6-7-17(11-18)14(2)3)22-12-16-9-10-19-25-24-15(4)26(19)13-16;/h14,16-18H,5-13H2,1-4H3,(H2,21,22,23);1H. The molecule has 1 saturated carbocycles. The highest BCUT2D eigenvalue weighted by atomic mass is 127. The Bertz CT molecular complexity index is 612. The van der Waals surface area contributed by atoms with Crippen LogP contribution < -0.4 is 10.6 Å². The summed E-state index contributed by atoms with van der Waals surface area (Å²) in [5, 5.41) is 15.6. The minimum absolute atomic E-state index is 0. The first-order valence-electron chi connectivity index (χ1n) is 10.5. The number of aryl methyl sites for hydroxylation is 2. The number of guanidine groups is 1. The molecule has 2 aliphatic rings. The van der Waals surface area contributed by atoms with Crippen molar-refractivity contribution in [3.8, 4) is 0 Å². The largest absolute Gasteiger partial charge is 0.357 e. The van der Waals surface area contributed by atoms with Gasteiger partial charge in [-0.15, -0.1) is 34.2 Å². The zero-order chi connectivity index (χ0) is 18.5. The summed E-state index contributed by atoms with van der Waals surface area (Å²) in [5.74, 6) is 5.35. The molecule has 6 nitrogen and oxygen atoms in total. The van der Waals surface area contributed by atoms with E-state index in [1.807, 2.05) is 6.92 Å². The molecule has 3 rings (SSSR count). The van der Waals surface area contributed by atoms with Crippen LogP contribution in [0.2, 0.25) is 0 Å². The third-order valence-electron chi connectivity index (χ3n) is 6.08. The summed E-state index contributed by atoms with van der Waals surface area (Å²) >= 11 is 0. The molecule has 0 bridgehead atoms. The minimum Gasteiger partial charge on any atom is -0.357 e. The van der Waals surface area contributed by atoms with Crippen LogP contribution in [0, 0.1) is 24.7 Å². The summed E-state index contributed by atoms with van der Waals surface area (Å²) in [4.78, 5) is 4.93. The summed E-state index contributed by atoms with van der Waals surface area (Å²) in [7, 11) is 0. The maximum Gasteiger partial charge on any atom is 0.191 e. The molecule has 0 radical (unpaired) electrons. The van der Waals surface area contributed by atoms with Crippen LogP contribution in [-0.4, -0.2) is 39.9 Å². The molecule has 1 fully saturated rings. The quantitative estimate of drug-likeness (QED) is 0.378. The van der Waals surface area contributed by atoms with Gasteiger partial charge in [0.2, 0.25) is 0 Å². The van der Waals surface area contributed by atoms with Gasteiger partial charge >= 0.3 is 0 Å². The molecule has 3 atom stereocenters. The van der Waals surface area contributed by atoms with Gasteiger partial charge in [-0.1, -0.05) is 26.7 Å². The molecule has 0 amide bonds. The van der Waals surface area contributed by atoms with Gasteiger partial charge < -0.3 is 15.2 Å². The highest BCUT2D eigenvalue weighted by Gasteiger charge is 2.25. The fourth-order valence-electron chi connectivity index (χ4n) is 4.38. The molecule has 154 valence electrons. The topological polar surface area (TPSA) is 67.1 Å². The summed E-state index contributed by atoms with van der Waals surface area (Å²) < 4.78 is 2.26. The summed E-state index contributed by atoms with van der Waals surface area (Å²) in [5.41, 5.74) is 0. The van der Waals surface area contributed by atoms with Crippen LogP contribution in [0.15, 0.2) is 4.99 Å². The normalized spacial score (nSPS) is 25.7. The average molecular weight is 488 g/mol. The van der Waals surface area contributed by atoms with E-state index < -0.39 is 0 Å². The van der Waals surface area contributed by atoms with E-state index in [0.29, 0.717) is 12.0 Å². The van der Waals surface area contributed by atoms with E-state index in [1.54, 1.807) is 0 Å². The predicted molar refractivity (Wildman–Crippen MR) is 122 cm³/mol. The van der Waals surface area contributed by atoms with Gasteiger partial charge in [-0.2, -0.15) is 0 Å². The molecule has 0 spiro atoms. The predicted octanol–water partition coefficient (Wildman–Crippen LogP) is 3.54. The average Bonchev–Trinajstić information content (AvgIpc) is 3.01. The van der Waals surface area contributed by atoms with Crippen molar-refractivity contribution in [1.29, 1.82) is 0 Å². The number of hydrogen-bond donors (Lipinski definition) is 2. The fraction of sp³-hybridized carbons (Fsp3) is 0.850. The van der Waals surface area contributed by atoms with Gasteiger partial charge in [0.25, 0.3) is 0 Å². The molecule has 0 saturated heterocycles. The fourth-order valence-corrected chi connectivity index (χ4v) is 4.38. The molecule has 2 heterocycles. The zero-order valence-corrected chi connectivity index (χ0v) is 19.7. The van der Waals surface area contributed by atoms with E-state index in [-0.39, 0.29) is 24.0 Å². The van der Waals surface area contributed by atoms with E-state index >= 15 is 0 Å². The Morgan fingerprint density at radius 2 is 2.07 bits per heavy atom. The maximum absolute atomic E-state index is 4.93. The summed E-state index contributed by atoms with van der Waals surface area (Å²) in [6.07, 6.45) is 7.42. The van der Waals surface area contributed by atoms with Crippen LogP contribution in [0.3, 0.4) is 0 Å². The van der Waals surface area contributed by atoms with Crippen molar-refractivity contribution in [2.24, 2.45) is 22.7 Å². The summed E-state index contributed by atoms with van der Waals surface area (Å²) in [6, 6.07) is 0.562. The van der Waals surface area contributed by atoms with E-state index in [4.69, 9.17) is 4.99 Å². The van der Waals surface area contributed by atoms with E-state index in [0.717, 1.165) is 61.9 Å². The van der Waals surface area contributed by atoms with Gasteiger partial charge in [0.15, 0.2) is 5.96 Å². The number of nitrogens with one attached hydrogen (secondary N) is 2. The minimum atomic E-state index is 0. The smallest absolute Gasteiger partial charge is 0.191 e. The number of aliphatic imine (C=N–C) groups is 1. The lowest BCUT2D eigenvalue weighted by Crippen LogP contribution is -2.46. The molecule has 1 aliphatic carbocycles. The van der Waals surface area contributed by atoms with E-state index in [9.17, 15) is 0 Å². The Balaban J connectivity index is 0.00000261. The number of nitrogens with zero attached hydrogens (tertiary/aromatic N) is 4. The monoisotopic (exact) mass is 488 g/mol. The van der Waals surface area contributed by atoms with Gasteiger partial charge in [-0.25, -0.2) is 0 Å². The maximum atomic E-state index is 4.93. The number of aromatic nitrogens is 3. The van der Waals surface area contributed by atoms with Crippen LogP contribution in [0.25, 0.3) is 0 Å². The molecule has 7 heteroatoms. The van der Waals surface area contributed by atoms with Crippen LogP contribution >= 0.6 is 24.0 Å². The lowest BCUT2D eigenvalue weighted by molar-refractivity contribution is 0.244. The van der Waals surface area contributed by atoms with Gasteiger partial charge in [0.1, 0.15) is 11.6 Å². The Morgan fingerprint density at radius 3 is 2.81 bits per heavy atom. The van der Waals surface area contributed by atoms with Crippen molar-refractivity contribution in [2.45, 2.75) is 78.8 Å². The first-order valence-corrected chi connectivity index (χ1v) is 10.5. The van der Waals surface area contributed by atoms with Gasteiger partial charge in [-0.05, 0) is 50.9 Å². The van der Waals surface area contributed by atoms with Crippen LogP contribution in [0.1, 0.15) is 64.5 Å². The number of rotatable bonds is 5. The number of fused-ring (bicyclic) bond motifs is 1. The van der Waals surface area contributed by atoms with Crippen molar-refractivity contribution >= 4 is 29.9 Å². The SMILES string of the molecule is CCNC(=NCC1CCc2nnc(C)n2C1)NC1CCCC(C(C)C)C1.I. The van der Waals surface area contributed by atoms with E-state index in [1.165, 1.54) is 25.7 Å². The first-order chi connectivity index (χ1) is 12.6.